The van der Waals surface area contributed by atoms with Gasteiger partial charge in [0.25, 0.3) is 0 Å². The number of nitrogens with two attached hydrogens (primary N) is 1. The predicted octanol–water partition coefficient (Wildman–Crippen LogP) is 4.41. The summed E-state index contributed by atoms with van der Waals surface area (Å²) in [6.07, 6.45) is 0.446. The monoisotopic (exact) mass is 299 g/mol. The molecular weight excluding hydrogens is 282 g/mol. The minimum Gasteiger partial charge on any atom is -0.340 e. The van der Waals surface area contributed by atoms with Crippen molar-refractivity contribution in [2.24, 2.45) is 5.73 Å². The molecule has 1 atom stereocenters. The maximum Gasteiger partial charge on any atom is 0.0640 e. The zero-order valence-corrected chi connectivity index (χ0v) is 12.7. The minimum absolute atomic E-state index is 0.101. The molecule has 0 aliphatic rings. The second-order valence-corrected chi connectivity index (χ2v) is 5.30. The first-order valence-corrected chi connectivity index (χ1v) is 7.26. The standard InChI is InChI=1S/C17H18ClN3/c1-13(20)16-9-8-15(12-17(16)18)21(11-5-10-19)14-6-3-2-4-7-14/h2-4,6-9,12-13H,5,11,20H2,1H3. The van der Waals surface area contributed by atoms with Crippen LogP contribution in [0, 0.1) is 11.3 Å². The fraction of sp³-hybridized carbons (Fsp3) is 0.235. The van der Waals surface area contributed by atoms with Crippen molar-refractivity contribution in [3.63, 3.8) is 0 Å². The third-order valence-electron chi connectivity index (χ3n) is 3.30. The van der Waals surface area contributed by atoms with E-state index >= 15 is 0 Å². The number of benzene rings is 2. The summed E-state index contributed by atoms with van der Waals surface area (Å²) in [5.41, 5.74) is 8.82. The van der Waals surface area contributed by atoms with E-state index in [-0.39, 0.29) is 6.04 Å². The number of nitriles is 1. The molecule has 1 unspecified atom stereocenters. The van der Waals surface area contributed by atoms with Crippen LogP contribution in [-0.2, 0) is 0 Å². The smallest absolute Gasteiger partial charge is 0.0640 e. The molecule has 2 aromatic rings. The molecule has 2 N–H and O–H groups in total. The van der Waals surface area contributed by atoms with Gasteiger partial charge in [0.2, 0.25) is 0 Å². The van der Waals surface area contributed by atoms with Crippen LogP contribution in [0.5, 0.6) is 0 Å². The van der Waals surface area contributed by atoms with Crippen molar-refractivity contribution in [2.45, 2.75) is 19.4 Å². The minimum atomic E-state index is -0.101. The highest BCUT2D eigenvalue weighted by atomic mass is 35.5. The van der Waals surface area contributed by atoms with Crippen LogP contribution in [-0.4, -0.2) is 6.54 Å². The van der Waals surface area contributed by atoms with Gasteiger partial charge in [0, 0.05) is 29.0 Å². The zero-order chi connectivity index (χ0) is 15.2. The van der Waals surface area contributed by atoms with Gasteiger partial charge in [-0.15, -0.1) is 0 Å². The number of halogens is 1. The molecule has 0 saturated carbocycles. The van der Waals surface area contributed by atoms with E-state index in [1.807, 2.05) is 55.5 Å². The topological polar surface area (TPSA) is 53.0 Å². The Morgan fingerprint density at radius 2 is 1.90 bits per heavy atom. The molecule has 0 heterocycles. The van der Waals surface area contributed by atoms with Gasteiger partial charge in [0.1, 0.15) is 0 Å². The summed E-state index contributed by atoms with van der Waals surface area (Å²) >= 11 is 6.32. The summed E-state index contributed by atoms with van der Waals surface area (Å²) in [7, 11) is 0. The second kappa shape index (κ2) is 7.12. The molecule has 3 nitrogen and oxygen atoms in total. The Morgan fingerprint density at radius 1 is 1.19 bits per heavy atom. The normalized spacial score (nSPS) is 11.7. The molecular formula is C17H18ClN3. The van der Waals surface area contributed by atoms with E-state index in [9.17, 15) is 0 Å². The lowest BCUT2D eigenvalue weighted by Crippen LogP contribution is -2.18. The Balaban J connectivity index is 2.38. The highest BCUT2D eigenvalue weighted by Gasteiger charge is 2.12. The van der Waals surface area contributed by atoms with Crippen LogP contribution in [0.3, 0.4) is 0 Å². The Bertz CT molecular complexity index is 632. The van der Waals surface area contributed by atoms with Gasteiger partial charge in [-0.1, -0.05) is 35.9 Å². The molecule has 0 aliphatic carbocycles. The largest absolute Gasteiger partial charge is 0.340 e. The SMILES string of the molecule is CC(N)c1ccc(N(CCC#N)c2ccccc2)cc1Cl. The molecule has 21 heavy (non-hydrogen) atoms. The molecule has 0 bridgehead atoms. The van der Waals surface area contributed by atoms with Crippen molar-refractivity contribution >= 4 is 23.0 Å². The van der Waals surface area contributed by atoms with E-state index < -0.39 is 0 Å². The first-order chi connectivity index (χ1) is 10.1. The summed E-state index contributed by atoms with van der Waals surface area (Å²) in [5.74, 6) is 0. The number of anilines is 2. The molecule has 0 amide bonds. The van der Waals surface area contributed by atoms with Gasteiger partial charge in [-0.3, -0.25) is 0 Å². The van der Waals surface area contributed by atoms with Gasteiger partial charge in [0.05, 0.1) is 12.5 Å². The third-order valence-corrected chi connectivity index (χ3v) is 3.63. The fourth-order valence-corrected chi connectivity index (χ4v) is 2.58. The van der Waals surface area contributed by atoms with E-state index in [4.69, 9.17) is 22.6 Å². The molecule has 0 spiro atoms. The number of hydrogen-bond donors (Lipinski definition) is 1. The van der Waals surface area contributed by atoms with Crippen LogP contribution in [0.4, 0.5) is 11.4 Å². The first kappa shape index (κ1) is 15.4. The summed E-state index contributed by atoms with van der Waals surface area (Å²) < 4.78 is 0. The van der Waals surface area contributed by atoms with E-state index in [0.29, 0.717) is 18.0 Å². The van der Waals surface area contributed by atoms with Crippen molar-refractivity contribution in [3.8, 4) is 6.07 Å². The Kier molecular flexibility index (Phi) is 5.21. The third kappa shape index (κ3) is 3.75. The van der Waals surface area contributed by atoms with Crippen molar-refractivity contribution < 1.29 is 0 Å². The van der Waals surface area contributed by atoms with Gasteiger partial charge in [-0.25, -0.2) is 0 Å². The lowest BCUT2D eigenvalue weighted by Gasteiger charge is -2.25. The number of nitrogens with zero attached hydrogens (tertiary/aromatic N) is 2. The van der Waals surface area contributed by atoms with Crippen molar-refractivity contribution in [1.29, 1.82) is 5.26 Å². The molecule has 0 saturated heterocycles. The van der Waals surface area contributed by atoms with E-state index in [1.165, 1.54) is 0 Å². The second-order valence-electron chi connectivity index (χ2n) is 4.89. The van der Waals surface area contributed by atoms with E-state index in [1.54, 1.807) is 0 Å². The van der Waals surface area contributed by atoms with E-state index in [0.717, 1.165) is 16.9 Å². The quantitative estimate of drug-likeness (QED) is 0.889. The predicted molar refractivity (Wildman–Crippen MR) is 87.7 cm³/mol. The maximum atomic E-state index is 8.86. The Morgan fingerprint density at radius 3 is 2.48 bits per heavy atom. The van der Waals surface area contributed by atoms with Gasteiger partial charge in [0.15, 0.2) is 0 Å². The van der Waals surface area contributed by atoms with Crippen LogP contribution in [0.2, 0.25) is 5.02 Å². The fourth-order valence-electron chi connectivity index (χ4n) is 2.23. The highest BCUT2D eigenvalue weighted by molar-refractivity contribution is 6.31. The first-order valence-electron chi connectivity index (χ1n) is 6.88. The van der Waals surface area contributed by atoms with Gasteiger partial charge >= 0.3 is 0 Å². The van der Waals surface area contributed by atoms with E-state index in [2.05, 4.69) is 11.0 Å². The molecule has 4 heteroatoms. The molecule has 2 aromatic carbocycles. The number of para-hydroxylation sites is 1. The Hall–Kier alpha value is -2.02. The van der Waals surface area contributed by atoms with Crippen LogP contribution in [0.15, 0.2) is 48.5 Å². The number of hydrogen-bond acceptors (Lipinski definition) is 3. The molecule has 2 rings (SSSR count). The highest BCUT2D eigenvalue weighted by Crippen LogP contribution is 2.31. The maximum absolute atomic E-state index is 8.86. The molecule has 0 aromatic heterocycles. The van der Waals surface area contributed by atoms with Crippen molar-refractivity contribution in [1.82, 2.24) is 0 Å². The Labute approximate surface area is 130 Å². The van der Waals surface area contributed by atoms with Crippen LogP contribution in [0.25, 0.3) is 0 Å². The average Bonchev–Trinajstić information content (AvgIpc) is 2.48. The molecule has 108 valence electrons. The molecule has 0 fully saturated rings. The van der Waals surface area contributed by atoms with Crippen LogP contribution >= 0.6 is 11.6 Å². The van der Waals surface area contributed by atoms with Gasteiger partial charge < -0.3 is 10.6 Å². The van der Waals surface area contributed by atoms with Crippen molar-refractivity contribution in [3.05, 3.63) is 59.1 Å². The summed E-state index contributed by atoms with van der Waals surface area (Å²) in [4.78, 5) is 2.08. The zero-order valence-electron chi connectivity index (χ0n) is 12.0. The lowest BCUT2D eigenvalue weighted by atomic mass is 10.1. The number of rotatable bonds is 5. The summed E-state index contributed by atoms with van der Waals surface area (Å²) in [6.45, 7) is 2.53. The van der Waals surface area contributed by atoms with Gasteiger partial charge in [-0.05, 0) is 36.8 Å². The van der Waals surface area contributed by atoms with Gasteiger partial charge in [-0.2, -0.15) is 5.26 Å². The van der Waals surface area contributed by atoms with Crippen molar-refractivity contribution in [2.75, 3.05) is 11.4 Å². The lowest BCUT2D eigenvalue weighted by molar-refractivity contribution is 0.818. The van der Waals surface area contributed by atoms with Crippen LogP contribution in [0.1, 0.15) is 24.9 Å². The molecule has 0 aliphatic heterocycles. The van der Waals surface area contributed by atoms with Crippen LogP contribution < -0.4 is 10.6 Å². The average molecular weight is 300 g/mol. The summed E-state index contributed by atoms with van der Waals surface area (Å²) in [6, 6.07) is 17.9. The summed E-state index contributed by atoms with van der Waals surface area (Å²) in [5, 5.41) is 9.51. The molecule has 0 radical (unpaired) electrons.